The van der Waals surface area contributed by atoms with Gasteiger partial charge in [-0.25, -0.2) is 8.78 Å². The van der Waals surface area contributed by atoms with Crippen molar-refractivity contribution in [3.8, 4) is 0 Å². The molecule has 2 N–H and O–H groups in total. The van der Waals surface area contributed by atoms with Crippen molar-refractivity contribution in [2.45, 2.75) is 16.8 Å². The van der Waals surface area contributed by atoms with Crippen molar-refractivity contribution in [2.24, 2.45) is 0 Å². The largest absolute Gasteiger partial charge is 0.416 e. The van der Waals surface area contributed by atoms with Crippen LogP contribution in [0.2, 0.25) is 0 Å². The molecule has 0 aromatic heterocycles. The van der Waals surface area contributed by atoms with E-state index in [9.17, 15) is 22.0 Å². The van der Waals surface area contributed by atoms with E-state index in [4.69, 9.17) is 5.73 Å². The molecule has 7 heteroatoms. The summed E-state index contributed by atoms with van der Waals surface area (Å²) in [6.45, 7) is 0. The lowest BCUT2D eigenvalue weighted by molar-refractivity contribution is -0.137. The van der Waals surface area contributed by atoms with Crippen LogP contribution in [-0.4, -0.2) is 0 Å². The zero-order valence-corrected chi connectivity index (χ0v) is 11.4. The van der Waals surface area contributed by atoms with Gasteiger partial charge in [-0.3, -0.25) is 0 Å². The molecule has 0 saturated heterocycles. The van der Waals surface area contributed by atoms with Gasteiger partial charge in [-0.15, -0.1) is 11.8 Å². The van der Waals surface area contributed by atoms with Crippen LogP contribution in [0.25, 0.3) is 0 Å². The van der Waals surface area contributed by atoms with Crippen LogP contribution < -0.4 is 5.73 Å². The zero-order chi connectivity index (χ0) is 15.6. The van der Waals surface area contributed by atoms with Gasteiger partial charge in [0.15, 0.2) is 0 Å². The molecule has 0 aliphatic heterocycles. The van der Waals surface area contributed by atoms with E-state index in [2.05, 4.69) is 0 Å². The highest BCUT2D eigenvalue weighted by atomic mass is 32.2. The topological polar surface area (TPSA) is 26.0 Å². The van der Waals surface area contributed by atoms with E-state index in [1.165, 1.54) is 12.1 Å². The van der Waals surface area contributed by atoms with Crippen molar-refractivity contribution >= 4 is 17.4 Å². The Balaban J connectivity index is 2.13. The van der Waals surface area contributed by atoms with E-state index in [0.717, 1.165) is 36.0 Å². The van der Waals surface area contributed by atoms with Crippen molar-refractivity contribution in [1.82, 2.24) is 0 Å². The zero-order valence-electron chi connectivity index (χ0n) is 10.5. The Morgan fingerprint density at radius 1 is 1.00 bits per heavy atom. The summed E-state index contributed by atoms with van der Waals surface area (Å²) in [6, 6.07) is 6.16. The van der Waals surface area contributed by atoms with Crippen LogP contribution in [0.15, 0.2) is 41.3 Å². The van der Waals surface area contributed by atoms with E-state index < -0.39 is 23.4 Å². The molecule has 0 bridgehead atoms. The molecule has 0 radical (unpaired) electrons. The number of benzene rings is 2. The molecule has 2 aromatic carbocycles. The number of alkyl halides is 3. The van der Waals surface area contributed by atoms with Gasteiger partial charge in [0.2, 0.25) is 0 Å². The van der Waals surface area contributed by atoms with Gasteiger partial charge >= 0.3 is 6.18 Å². The fourth-order valence-corrected chi connectivity index (χ4v) is 2.59. The molecule has 2 aromatic rings. The van der Waals surface area contributed by atoms with E-state index in [1.807, 2.05) is 0 Å². The van der Waals surface area contributed by atoms with Crippen LogP contribution in [0.4, 0.5) is 27.6 Å². The van der Waals surface area contributed by atoms with E-state index in [-0.39, 0.29) is 17.0 Å². The first-order valence-corrected chi connectivity index (χ1v) is 6.79. The molecule has 0 aliphatic carbocycles. The predicted molar refractivity (Wildman–Crippen MR) is 71.8 cm³/mol. The van der Waals surface area contributed by atoms with Gasteiger partial charge in [-0.1, -0.05) is 6.07 Å². The summed E-state index contributed by atoms with van der Waals surface area (Å²) in [5.41, 5.74) is 4.95. The Morgan fingerprint density at radius 2 is 1.71 bits per heavy atom. The minimum absolute atomic E-state index is 0.0302. The number of nitrogen functional groups attached to an aromatic ring is 1. The first-order valence-electron chi connectivity index (χ1n) is 5.81. The molecular formula is C14H10F5NS. The second kappa shape index (κ2) is 5.93. The van der Waals surface area contributed by atoms with Gasteiger partial charge in [-0.2, -0.15) is 13.2 Å². The predicted octanol–water partition coefficient (Wildman–Crippen LogP) is 4.86. The molecule has 0 unspecified atom stereocenters. The first kappa shape index (κ1) is 15.6. The Kier molecular flexibility index (Phi) is 4.41. The monoisotopic (exact) mass is 319 g/mol. The summed E-state index contributed by atoms with van der Waals surface area (Å²) in [5, 5.41) is 0. The third-order valence-electron chi connectivity index (χ3n) is 2.74. The number of hydrogen-bond donors (Lipinski definition) is 1. The van der Waals surface area contributed by atoms with Gasteiger partial charge in [0.1, 0.15) is 11.6 Å². The van der Waals surface area contributed by atoms with Gasteiger partial charge in [0, 0.05) is 22.4 Å². The summed E-state index contributed by atoms with van der Waals surface area (Å²) < 4.78 is 63.7. The highest BCUT2D eigenvalue weighted by Gasteiger charge is 2.30. The molecular weight excluding hydrogens is 309 g/mol. The number of thioether (sulfide) groups is 1. The molecule has 0 aliphatic rings. The van der Waals surface area contributed by atoms with Gasteiger partial charge in [0.25, 0.3) is 0 Å². The lowest BCUT2D eigenvalue weighted by atomic mass is 10.2. The standard InChI is InChI=1S/C14H10F5NS/c15-10-3-1-8(11(16)6-10)7-21-13-4-2-9(5-12(13)20)14(17,18)19/h1-6H,7,20H2. The number of halogens is 5. The van der Waals surface area contributed by atoms with Crippen molar-refractivity contribution < 1.29 is 22.0 Å². The van der Waals surface area contributed by atoms with Crippen LogP contribution in [0.1, 0.15) is 11.1 Å². The smallest absolute Gasteiger partial charge is 0.398 e. The van der Waals surface area contributed by atoms with Gasteiger partial charge in [-0.05, 0) is 29.8 Å². The van der Waals surface area contributed by atoms with Crippen molar-refractivity contribution in [3.63, 3.8) is 0 Å². The second-order valence-electron chi connectivity index (χ2n) is 4.27. The molecule has 0 amide bonds. The average Bonchev–Trinajstić information content (AvgIpc) is 2.38. The van der Waals surface area contributed by atoms with Crippen molar-refractivity contribution in [3.05, 3.63) is 59.2 Å². The van der Waals surface area contributed by atoms with Gasteiger partial charge < -0.3 is 5.73 Å². The molecule has 21 heavy (non-hydrogen) atoms. The maximum atomic E-state index is 13.4. The van der Waals surface area contributed by atoms with Crippen LogP contribution >= 0.6 is 11.8 Å². The fraction of sp³-hybridized carbons (Fsp3) is 0.143. The summed E-state index contributed by atoms with van der Waals surface area (Å²) in [4.78, 5) is 0.409. The van der Waals surface area contributed by atoms with E-state index in [1.54, 1.807) is 0 Å². The molecule has 0 fully saturated rings. The van der Waals surface area contributed by atoms with Crippen LogP contribution in [0.5, 0.6) is 0 Å². The van der Waals surface area contributed by atoms with E-state index >= 15 is 0 Å². The molecule has 0 spiro atoms. The normalized spacial score (nSPS) is 11.7. The lowest BCUT2D eigenvalue weighted by Gasteiger charge is -2.11. The molecule has 0 saturated carbocycles. The Morgan fingerprint density at radius 3 is 2.29 bits per heavy atom. The highest BCUT2D eigenvalue weighted by molar-refractivity contribution is 7.98. The molecule has 0 atom stereocenters. The fourth-order valence-electron chi connectivity index (χ4n) is 1.65. The number of nitrogens with two attached hydrogens (primary N) is 1. The van der Waals surface area contributed by atoms with Crippen LogP contribution in [0, 0.1) is 11.6 Å². The van der Waals surface area contributed by atoms with Crippen molar-refractivity contribution in [1.29, 1.82) is 0 Å². The maximum absolute atomic E-state index is 13.4. The third kappa shape index (κ3) is 3.87. The van der Waals surface area contributed by atoms with E-state index in [0.29, 0.717) is 4.90 Å². The molecule has 2 rings (SSSR count). The Labute approximate surface area is 122 Å². The van der Waals surface area contributed by atoms with Crippen molar-refractivity contribution in [2.75, 3.05) is 5.73 Å². The van der Waals surface area contributed by atoms with Crippen LogP contribution in [0.3, 0.4) is 0 Å². The SMILES string of the molecule is Nc1cc(C(F)(F)F)ccc1SCc1ccc(F)cc1F. The minimum atomic E-state index is -4.46. The minimum Gasteiger partial charge on any atom is -0.398 e. The Bertz CT molecular complexity index is 654. The first-order chi connectivity index (χ1) is 9.77. The third-order valence-corrected chi connectivity index (χ3v) is 3.87. The highest BCUT2D eigenvalue weighted by Crippen LogP contribution is 2.35. The second-order valence-corrected chi connectivity index (χ2v) is 5.29. The van der Waals surface area contributed by atoms with Crippen LogP contribution in [-0.2, 0) is 11.9 Å². The molecule has 0 heterocycles. The quantitative estimate of drug-likeness (QED) is 0.497. The Hall–Kier alpha value is -1.76. The number of hydrogen-bond acceptors (Lipinski definition) is 2. The average molecular weight is 319 g/mol. The lowest BCUT2D eigenvalue weighted by Crippen LogP contribution is -2.05. The molecule has 112 valence electrons. The maximum Gasteiger partial charge on any atom is 0.416 e. The summed E-state index contributed by atoms with van der Waals surface area (Å²) in [6.07, 6.45) is -4.46. The summed E-state index contributed by atoms with van der Waals surface area (Å²) in [5.74, 6) is -1.25. The number of anilines is 1. The number of rotatable bonds is 3. The molecule has 1 nitrogen and oxygen atoms in total. The summed E-state index contributed by atoms with van der Waals surface area (Å²) >= 11 is 1.08. The van der Waals surface area contributed by atoms with Gasteiger partial charge in [0.05, 0.1) is 5.56 Å². The summed E-state index contributed by atoms with van der Waals surface area (Å²) in [7, 11) is 0.